The van der Waals surface area contributed by atoms with E-state index in [0.29, 0.717) is 26.2 Å². The van der Waals surface area contributed by atoms with E-state index in [4.69, 9.17) is 10.5 Å². The van der Waals surface area contributed by atoms with E-state index in [-0.39, 0.29) is 16.6 Å². The minimum atomic E-state index is -0.0729. The van der Waals surface area contributed by atoms with Crippen molar-refractivity contribution in [1.29, 1.82) is 0 Å². The van der Waals surface area contributed by atoms with E-state index in [2.05, 4.69) is 13.8 Å². The highest BCUT2D eigenvalue weighted by atomic mass is 16.5. The third-order valence-electron chi connectivity index (χ3n) is 2.27. The van der Waals surface area contributed by atoms with Crippen molar-refractivity contribution >= 4 is 5.78 Å². The predicted molar refractivity (Wildman–Crippen MR) is 74.1 cm³/mol. The molecule has 0 bridgehead atoms. The molecule has 0 aromatic carbocycles. The maximum atomic E-state index is 11.0. The molecule has 17 heavy (non-hydrogen) atoms. The van der Waals surface area contributed by atoms with E-state index >= 15 is 0 Å². The largest absolute Gasteiger partial charge is 0.380 e. The zero-order valence-electron chi connectivity index (χ0n) is 12.7. The molecule has 0 radical (unpaired) electrons. The smallest absolute Gasteiger partial charge is 0.130 e. The molecular formula is C14H31NO2. The van der Waals surface area contributed by atoms with Crippen LogP contribution < -0.4 is 5.73 Å². The zero-order valence-corrected chi connectivity index (χ0v) is 12.7. The molecule has 0 saturated heterocycles. The van der Waals surface area contributed by atoms with Crippen LogP contribution in [0, 0.1) is 10.8 Å². The predicted octanol–water partition coefficient (Wildman–Crippen LogP) is 3.02. The summed E-state index contributed by atoms with van der Waals surface area (Å²) in [7, 11) is 0. The first-order valence-corrected chi connectivity index (χ1v) is 6.46. The molecular weight excluding hydrogens is 214 g/mol. The summed E-state index contributed by atoms with van der Waals surface area (Å²) in [5.74, 6) is 0.210. The van der Waals surface area contributed by atoms with Crippen molar-refractivity contribution in [1.82, 2.24) is 0 Å². The molecule has 0 aromatic heterocycles. The van der Waals surface area contributed by atoms with Gasteiger partial charge in [0.15, 0.2) is 0 Å². The van der Waals surface area contributed by atoms with Crippen molar-refractivity contribution in [2.24, 2.45) is 16.6 Å². The minimum absolute atomic E-state index is 0.0201. The molecule has 104 valence electrons. The van der Waals surface area contributed by atoms with E-state index in [0.717, 1.165) is 0 Å². The van der Waals surface area contributed by atoms with Crippen LogP contribution in [0.15, 0.2) is 0 Å². The van der Waals surface area contributed by atoms with Crippen molar-refractivity contribution in [3.8, 4) is 0 Å². The van der Waals surface area contributed by atoms with Crippen LogP contribution in [-0.4, -0.2) is 25.5 Å². The van der Waals surface area contributed by atoms with Gasteiger partial charge in [0, 0.05) is 11.8 Å². The first-order valence-electron chi connectivity index (χ1n) is 6.46. The van der Waals surface area contributed by atoms with Gasteiger partial charge in [0.05, 0.1) is 13.2 Å². The number of nitrogens with two attached hydrogens (primary N) is 1. The maximum absolute atomic E-state index is 11.0. The monoisotopic (exact) mass is 245 g/mol. The highest BCUT2D eigenvalue weighted by Crippen LogP contribution is 2.22. The second-order valence-electron chi connectivity index (χ2n) is 5.90. The molecule has 0 aromatic rings. The third kappa shape index (κ3) is 11.8. The van der Waals surface area contributed by atoms with Gasteiger partial charge in [-0.3, -0.25) is 0 Å². The Hall–Kier alpha value is -0.410. The fourth-order valence-corrected chi connectivity index (χ4v) is 1.39. The van der Waals surface area contributed by atoms with Gasteiger partial charge < -0.3 is 15.3 Å². The summed E-state index contributed by atoms with van der Waals surface area (Å²) in [5, 5.41) is 0. The lowest BCUT2D eigenvalue weighted by Crippen LogP contribution is -2.31. The number of hydrogen-bond acceptors (Lipinski definition) is 3. The molecule has 0 spiro atoms. The fraction of sp³-hybridized carbons (Fsp3) is 0.929. The Balaban J connectivity index is 0. The first kappa shape index (κ1) is 18.9. The fourth-order valence-electron chi connectivity index (χ4n) is 1.39. The molecule has 3 heteroatoms. The molecule has 0 aliphatic carbocycles. The summed E-state index contributed by atoms with van der Waals surface area (Å²) in [6.45, 7) is 15.7. The SMILES string of the molecule is CC.CC(=O)CC(C)(C)COCC(C)(C)CN. The average Bonchev–Trinajstić information content (AvgIpc) is 2.18. The number of ether oxygens (including phenoxy) is 1. The van der Waals surface area contributed by atoms with Crippen LogP contribution in [0.3, 0.4) is 0 Å². The lowest BCUT2D eigenvalue weighted by atomic mass is 9.88. The molecule has 0 aliphatic heterocycles. The van der Waals surface area contributed by atoms with Crippen LogP contribution in [0.5, 0.6) is 0 Å². The van der Waals surface area contributed by atoms with Crippen molar-refractivity contribution in [3.05, 3.63) is 0 Å². The van der Waals surface area contributed by atoms with E-state index in [9.17, 15) is 4.79 Å². The standard InChI is InChI=1S/C12H25NO2.C2H6/c1-10(14)6-11(2,3)8-15-9-12(4,5)7-13;1-2/h6-9,13H2,1-5H3;1-2H3. The lowest BCUT2D eigenvalue weighted by Gasteiger charge is -2.27. The summed E-state index contributed by atoms with van der Waals surface area (Å²) >= 11 is 0. The quantitative estimate of drug-likeness (QED) is 0.750. The van der Waals surface area contributed by atoms with Gasteiger partial charge in [-0.1, -0.05) is 41.5 Å². The van der Waals surface area contributed by atoms with E-state index in [1.807, 2.05) is 27.7 Å². The average molecular weight is 245 g/mol. The molecule has 0 atom stereocenters. The van der Waals surface area contributed by atoms with Gasteiger partial charge in [0.25, 0.3) is 0 Å². The van der Waals surface area contributed by atoms with Gasteiger partial charge >= 0.3 is 0 Å². The number of Topliss-reactive ketones (excluding diaryl/α,β-unsaturated/α-hetero) is 1. The highest BCUT2D eigenvalue weighted by Gasteiger charge is 2.22. The molecule has 2 N–H and O–H groups in total. The minimum Gasteiger partial charge on any atom is -0.380 e. The van der Waals surface area contributed by atoms with E-state index in [1.54, 1.807) is 6.92 Å². The molecule has 0 unspecified atom stereocenters. The summed E-state index contributed by atoms with van der Waals surface area (Å²) in [6.07, 6.45) is 0.566. The second kappa shape index (κ2) is 8.65. The Morgan fingerprint density at radius 3 is 1.82 bits per heavy atom. The van der Waals surface area contributed by atoms with Gasteiger partial charge in [-0.2, -0.15) is 0 Å². The maximum Gasteiger partial charge on any atom is 0.130 e. The zero-order chi connectivity index (χ0) is 14.1. The summed E-state index contributed by atoms with van der Waals surface area (Å²) in [5.41, 5.74) is 5.55. The lowest BCUT2D eigenvalue weighted by molar-refractivity contribution is -0.120. The Labute approximate surface area is 107 Å². The van der Waals surface area contributed by atoms with Crippen LogP contribution in [0.1, 0.15) is 54.9 Å². The Bertz CT molecular complexity index is 210. The van der Waals surface area contributed by atoms with Crippen molar-refractivity contribution in [3.63, 3.8) is 0 Å². The van der Waals surface area contributed by atoms with Crippen LogP contribution in [0.25, 0.3) is 0 Å². The Kier molecular flexibility index (Phi) is 9.64. The van der Waals surface area contributed by atoms with Gasteiger partial charge in [0.2, 0.25) is 0 Å². The van der Waals surface area contributed by atoms with Crippen molar-refractivity contribution in [2.75, 3.05) is 19.8 Å². The van der Waals surface area contributed by atoms with Gasteiger partial charge in [-0.05, 0) is 18.9 Å². The van der Waals surface area contributed by atoms with Crippen LogP contribution in [0.2, 0.25) is 0 Å². The Morgan fingerprint density at radius 2 is 1.47 bits per heavy atom. The molecule has 0 rings (SSSR count). The summed E-state index contributed by atoms with van der Waals surface area (Å²) < 4.78 is 5.62. The van der Waals surface area contributed by atoms with Crippen molar-refractivity contribution in [2.45, 2.75) is 54.9 Å². The van der Waals surface area contributed by atoms with Gasteiger partial charge in [-0.25, -0.2) is 0 Å². The Morgan fingerprint density at radius 1 is 1.06 bits per heavy atom. The van der Waals surface area contributed by atoms with E-state index in [1.165, 1.54) is 0 Å². The highest BCUT2D eigenvalue weighted by molar-refractivity contribution is 5.76. The normalized spacial score (nSPS) is 11.8. The van der Waals surface area contributed by atoms with Gasteiger partial charge in [-0.15, -0.1) is 0 Å². The second-order valence-corrected chi connectivity index (χ2v) is 5.90. The molecule has 0 fully saturated rings. The molecule has 0 aliphatic rings. The van der Waals surface area contributed by atoms with Crippen LogP contribution in [-0.2, 0) is 9.53 Å². The number of carbonyl (C=O) groups is 1. The third-order valence-corrected chi connectivity index (χ3v) is 2.27. The van der Waals surface area contributed by atoms with Crippen LogP contribution in [0.4, 0.5) is 0 Å². The number of ketones is 1. The number of carbonyl (C=O) groups excluding carboxylic acids is 1. The van der Waals surface area contributed by atoms with Crippen molar-refractivity contribution < 1.29 is 9.53 Å². The summed E-state index contributed by atoms with van der Waals surface area (Å²) in [6, 6.07) is 0. The topological polar surface area (TPSA) is 52.3 Å². The first-order chi connectivity index (χ1) is 7.68. The molecule has 0 heterocycles. The molecule has 0 amide bonds. The number of rotatable bonds is 7. The molecule has 3 nitrogen and oxygen atoms in total. The van der Waals surface area contributed by atoms with Crippen LogP contribution >= 0.6 is 0 Å². The van der Waals surface area contributed by atoms with E-state index < -0.39 is 0 Å². The van der Waals surface area contributed by atoms with Gasteiger partial charge in [0.1, 0.15) is 5.78 Å². The summed E-state index contributed by atoms with van der Waals surface area (Å²) in [4.78, 5) is 11.0. The molecule has 0 saturated carbocycles. The number of hydrogen-bond donors (Lipinski definition) is 1.